The Labute approximate surface area is 179 Å². The van der Waals surface area contributed by atoms with Crippen LogP contribution in [0.25, 0.3) is 0 Å². The molecule has 0 saturated heterocycles. The Hall–Kier alpha value is -2.33. The van der Waals surface area contributed by atoms with E-state index < -0.39 is 0 Å². The quantitative estimate of drug-likeness (QED) is 0.248. The number of rotatable bonds is 12. The van der Waals surface area contributed by atoms with E-state index in [0.29, 0.717) is 22.9 Å². The highest BCUT2D eigenvalue weighted by atomic mass is 35.5. The van der Waals surface area contributed by atoms with Crippen molar-refractivity contribution in [2.75, 3.05) is 6.61 Å². The number of hydrogen-bond donors (Lipinski definition) is 1. The Morgan fingerprint density at radius 2 is 1.79 bits per heavy atom. The second-order valence-electron chi connectivity index (χ2n) is 7.09. The fourth-order valence-corrected chi connectivity index (χ4v) is 3.07. The maximum Gasteiger partial charge on any atom is 0.271 e. The van der Waals surface area contributed by atoms with Crippen molar-refractivity contribution in [3.8, 4) is 5.75 Å². The molecule has 0 aromatic heterocycles. The van der Waals surface area contributed by atoms with E-state index >= 15 is 0 Å². The Morgan fingerprint density at radius 3 is 2.52 bits per heavy atom. The normalized spacial score (nSPS) is 11.0. The summed E-state index contributed by atoms with van der Waals surface area (Å²) in [5, 5.41) is 4.68. The average molecular weight is 415 g/mol. The van der Waals surface area contributed by atoms with Gasteiger partial charge in [0.2, 0.25) is 0 Å². The zero-order valence-corrected chi connectivity index (χ0v) is 18.2. The van der Waals surface area contributed by atoms with Crippen molar-refractivity contribution in [3.63, 3.8) is 0 Å². The molecule has 2 aromatic rings. The molecule has 29 heavy (non-hydrogen) atoms. The Bertz CT molecular complexity index is 788. The maximum atomic E-state index is 12.3. The minimum Gasteiger partial charge on any atom is -0.493 e. The van der Waals surface area contributed by atoms with E-state index in [1.807, 2.05) is 30.3 Å². The predicted molar refractivity (Wildman–Crippen MR) is 121 cm³/mol. The molecule has 1 amide bonds. The molecule has 0 heterocycles. The van der Waals surface area contributed by atoms with Gasteiger partial charge in [-0.3, -0.25) is 4.79 Å². The summed E-state index contributed by atoms with van der Waals surface area (Å²) in [6, 6.07) is 13.1. The van der Waals surface area contributed by atoms with Gasteiger partial charge in [0.25, 0.3) is 5.91 Å². The van der Waals surface area contributed by atoms with Crippen molar-refractivity contribution in [1.82, 2.24) is 5.43 Å². The van der Waals surface area contributed by atoms with Gasteiger partial charge in [-0.2, -0.15) is 5.10 Å². The molecule has 4 nitrogen and oxygen atoms in total. The third-order valence-corrected chi connectivity index (χ3v) is 4.87. The monoisotopic (exact) mass is 414 g/mol. The van der Waals surface area contributed by atoms with E-state index in [4.69, 9.17) is 16.3 Å². The number of carbonyl (C=O) groups excluding carboxylic acids is 1. The third-order valence-electron chi connectivity index (χ3n) is 4.63. The molecule has 0 aliphatic heterocycles. The molecule has 0 saturated carbocycles. The fraction of sp³-hybridized carbons (Fsp3) is 0.417. The molecule has 0 radical (unpaired) electrons. The van der Waals surface area contributed by atoms with Gasteiger partial charge in [0.1, 0.15) is 5.75 Å². The van der Waals surface area contributed by atoms with Gasteiger partial charge in [0, 0.05) is 16.1 Å². The van der Waals surface area contributed by atoms with E-state index in [9.17, 15) is 4.79 Å². The SMILES string of the molecule is CCCCCCOc1ccc(Cl)cc1C=NNC(=O)c1ccc(CCCC)cc1. The molecule has 0 spiro atoms. The van der Waals surface area contributed by atoms with Crippen molar-refractivity contribution in [1.29, 1.82) is 0 Å². The summed E-state index contributed by atoms with van der Waals surface area (Å²) < 4.78 is 5.86. The molecule has 0 bridgehead atoms. The number of hydrazone groups is 1. The van der Waals surface area contributed by atoms with Gasteiger partial charge in [-0.05, 0) is 55.2 Å². The summed E-state index contributed by atoms with van der Waals surface area (Å²) in [6.45, 7) is 5.01. The number of amides is 1. The van der Waals surface area contributed by atoms with Crippen LogP contribution in [0.2, 0.25) is 5.02 Å². The number of benzene rings is 2. The minimum absolute atomic E-state index is 0.243. The van der Waals surface area contributed by atoms with Crippen molar-refractivity contribution >= 4 is 23.7 Å². The first-order valence-corrected chi connectivity index (χ1v) is 10.9. The minimum atomic E-state index is -0.243. The van der Waals surface area contributed by atoms with E-state index in [-0.39, 0.29) is 5.91 Å². The highest BCUT2D eigenvalue weighted by molar-refractivity contribution is 6.30. The standard InChI is InChI=1S/C24H31ClN2O2/c1-3-5-7-8-16-29-23-15-14-22(25)17-21(23)18-26-27-24(28)20-12-10-19(11-13-20)9-6-4-2/h10-15,17-18H,3-9,16H2,1-2H3,(H,27,28). The number of hydrogen-bond acceptors (Lipinski definition) is 3. The highest BCUT2D eigenvalue weighted by Gasteiger charge is 2.06. The second-order valence-corrected chi connectivity index (χ2v) is 7.53. The molecule has 1 N–H and O–H groups in total. The molecule has 0 atom stereocenters. The van der Waals surface area contributed by atoms with Crippen LogP contribution in [0.4, 0.5) is 0 Å². The first kappa shape index (κ1) is 23.0. The fourth-order valence-electron chi connectivity index (χ4n) is 2.89. The Kier molecular flexibility index (Phi) is 10.3. The molecule has 0 fully saturated rings. The highest BCUT2D eigenvalue weighted by Crippen LogP contribution is 2.22. The first-order chi connectivity index (χ1) is 14.1. The topological polar surface area (TPSA) is 50.7 Å². The van der Waals surface area contributed by atoms with Gasteiger partial charge in [-0.1, -0.05) is 63.3 Å². The van der Waals surface area contributed by atoms with Crippen molar-refractivity contribution in [2.24, 2.45) is 5.10 Å². The number of carbonyl (C=O) groups is 1. The molecule has 156 valence electrons. The van der Waals surface area contributed by atoms with Crippen LogP contribution in [-0.2, 0) is 6.42 Å². The summed E-state index contributed by atoms with van der Waals surface area (Å²) in [5.41, 5.74) is 5.14. The van der Waals surface area contributed by atoms with Gasteiger partial charge in [-0.25, -0.2) is 5.43 Å². The zero-order chi connectivity index (χ0) is 20.9. The van der Waals surface area contributed by atoms with E-state index in [1.54, 1.807) is 18.3 Å². The second kappa shape index (κ2) is 13.0. The predicted octanol–water partition coefficient (Wildman–Crippen LogP) is 6.41. The van der Waals surface area contributed by atoms with Crippen LogP contribution >= 0.6 is 11.6 Å². The van der Waals surface area contributed by atoms with Gasteiger partial charge < -0.3 is 4.74 Å². The maximum absolute atomic E-state index is 12.3. The van der Waals surface area contributed by atoms with Crippen LogP contribution in [0.5, 0.6) is 5.75 Å². The van der Waals surface area contributed by atoms with Gasteiger partial charge in [0.15, 0.2) is 0 Å². The Morgan fingerprint density at radius 1 is 1.03 bits per heavy atom. The number of ether oxygens (including phenoxy) is 1. The summed E-state index contributed by atoms with van der Waals surface area (Å²) in [7, 11) is 0. The molecule has 2 aromatic carbocycles. The average Bonchev–Trinajstić information content (AvgIpc) is 2.73. The summed E-state index contributed by atoms with van der Waals surface area (Å²) in [5.74, 6) is 0.469. The number of nitrogens with zero attached hydrogens (tertiary/aromatic N) is 1. The molecular weight excluding hydrogens is 384 g/mol. The number of nitrogens with one attached hydrogen (secondary N) is 1. The smallest absolute Gasteiger partial charge is 0.271 e. The molecule has 0 aliphatic rings. The van der Waals surface area contributed by atoms with E-state index in [2.05, 4.69) is 24.4 Å². The van der Waals surface area contributed by atoms with Crippen molar-refractivity contribution in [2.45, 2.75) is 58.8 Å². The van der Waals surface area contributed by atoms with Crippen LogP contribution in [0.1, 0.15) is 73.9 Å². The lowest BCUT2D eigenvalue weighted by Crippen LogP contribution is -2.17. The van der Waals surface area contributed by atoms with E-state index in [0.717, 1.165) is 37.7 Å². The molecule has 0 aliphatic carbocycles. The molecule has 2 rings (SSSR count). The summed E-state index contributed by atoms with van der Waals surface area (Å²) in [6.07, 6.45) is 9.49. The van der Waals surface area contributed by atoms with E-state index in [1.165, 1.54) is 18.4 Å². The number of aryl methyl sites for hydroxylation is 1. The van der Waals surface area contributed by atoms with Gasteiger partial charge in [-0.15, -0.1) is 0 Å². The van der Waals surface area contributed by atoms with Gasteiger partial charge >= 0.3 is 0 Å². The molecule has 0 unspecified atom stereocenters. The molecular formula is C24H31ClN2O2. The summed E-state index contributed by atoms with van der Waals surface area (Å²) in [4.78, 5) is 12.3. The van der Waals surface area contributed by atoms with Gasteiger partial charge in [0.05, 0.1) is 12.8 Å². The third kappa shape index (κ3) is 8.28. The lowest BCUT2D eigenvalue weighted by molar-refractivity contribution is 0.0955. The number of halogens is 1. The van der Waals surface area contributed by atoms with Crippen molar-refractivity contribution in [3.05, 3.63) is 64.2 Å². The Balaban J connectivity index is 1.92. The van der Waals surface area contributed by atoms with Crippen LogP contribution in [0, 0.1) is 0 Å². The lowest BCUT2D eigenvalue weighted by atomic mass is 10.1. The summed E-state index contributed by atoms with van der Waals surface area (Å²) >= 11 is 6.10. The van der Waals surface area contributed by atoms with Crippen LogP contribution in [-0.4, -0.2) is 18.7 Å². The largest absolute Gasteiger partial charge is 0.493 e. The van der Waals surface area contributed by atoms with Crippen LogP contribution in [0.15, 0.2) is 47.6 Å². The molecule has 5 heteroatoms. The van der Waals surface area contributed by atoms with Crippen molar-refractivity contribution < 1.29 is 9.53 Å². The van der Waals surface area contributed by atoms with Crippen LogP contribution < -0.4 is 10.2 Å². The number of unbranched alkanes of at least 4 members (excludes halogenated alkanes) is 4. The first-order valence-electron chi connectivity index (χ1n) is 10.5. The van der Waals surface area contributed by atoms with Crippen LogP contribution in [0.3, 0.4) is 0 Å². The lowest BCUT2D eigenvalue weighted by Gasteiger charge is -2.09. The zero-order valence-electron chi connectivity index (χ0n) is 17.4.